The Bertz CT molecular complexity index is 528. The maximum Gasteiger partial charge on any atom is 0.307 e. The Kier molecular flexibility index (Phi) is 3.42. The molecule has 0 spiro atoms. The lowest BCUT2D eigenvalue weighted by Crippen LogP contribution is -2.22. The van der Waals surface area contributed by atoms with Gasteiger partial charge in [0.15, 0.2) is 0 Å². The highest BCUT2D eigenvalue weighted by Gasteiger charge is 2.30. The molecule has 6 heteroatoms. The van der Waals surface area contributed by atoms with E-state index in [-0.39, 0.29) is 17.9 Å². The first-order chi connectivity index (χ1) is 9.65. The summed E-state index contributed by atoms with van der Waals surface area (Å²) >= 11 is 0. The molecule has 2 heterocycles. The standard InChI is InChI=1S/C14H16N2O4/c17-13-5-6-20-16(13)11-3-1-9(2-4-11)12-7-10(8-15-12)14(18)19/h1-4,10,12,15H,5-8H2,(H,18,19). The van der Waals surface area contributed by atoms with E-state index < -0.39 is 5.97 Å². The molecule has 2 fully saturated rings. The van der Waals surface area contributed by atoms with Crippen LogP contribution in [0.2, 0.25) is 0 Å². The average molecular weight is 276 g/mol. The van der Waals surface area contributed by atoms with Crippen molar-refractivity contribution in [3.8, 4) is 0 Å². The molecule has 0 radical (unpaired) electrons. The van der Waals surface area contributed by atoms with Crippen molar-refractivity contribution in [2.24, 2.45) is 5.92 Å². The minimum atomic E-state index is -0.757. The number of hydrogen-bond acceptors (Lipinski definition) is 4. The zero-order valence-corrected chi connectivity index (χ0v) is 10.9. The van der Waals surface area contributed by atoms with Crippen LogP contribution in [0.4, 0.5) is 5.69 Å². The van der Waals surface area contributed by atoms with Gasteiger partial charge in [-0.3, -0.25) is 14.4 Å². The van der Waals surface area contributed by atoms with Gasteiger partial charge in [0, 0.05) is 12.6 Å². The Morgan fingerprint density at radius 2 is 2.10 bits per heavy atom. The Balaban J connectivity index is 1.70. The number of carboxylic acids is 1. The lowest BCUT2D eigenvalue weighted by Gasteiger charge is -2.16. The minimum absolute atomic E-state index is 0.0392. The first-order valence-electron chi connectivity index (χ1n) is 6.67. The summed E-state index contributed by atoms with van der Waals surface area (Å²) in [5.74, 6) is -1.13. The van der Waals surface area contributed by atoms with Crippen LogP contribution in [-0.4, -0.2) is 30.1 Å². The fourth-order valence-corrected chi connectivity index (χ4v) is 2.64. The molecule has 20 heavy (non-hydrogen) atoms. The Labute approximate surface area is 116 Å². The summed E-state index contributed by atoms with van der Waals surface area (Å²) in [6.45, 7) is 0.917. The van der Waals surface area contributed by atoms with E-state index in [0.29, 0.717) is 31.7 Å². The van der Waals surface area contributed by atoms with Crippen molar-refractivity contribution in [3.63, 3.8) is 0 Å². The molecule has 2 aliphatic rings. The van der Waals surface area contributed by atoms with Crippen LogP contribution in [0.25, 0.3) is 0 Å². The normalized spacial score (nSPS) is 26.2. The lowest BCUT2D eigenvalue weighted by atomic mass is 10.00. The van der Waals surface area contributed by atoms with Gasteiger partial charge in [-0.2, -0.15) is 5.06 Å². The van der Waals surface area contributed by atoms with Crippen molar-refractivity contribution in [3.05, 3.63) is 29.8 Å². The number of carbonyl (C=O) groups excluding carboxylic acids is 1. The zero-order chi connectivity index (χ0) is 14.1. The topological polar surface area (TPSA) is 78.9 Å². The Morgan fingerprint density at radius 1 is 1.35 bits per heavy atom. The van der Waals surface area contributed by atoms with Crippen LogP contribution in [-0.2, 0) is 14.4 Å². The summed E-state index contributed by atoms with van der Waals surface area (Å²) < 4.78 is 0. The largest absolute Gasteiger partial charge is 0.481 e. The summed E-state index contributed by atoms with van der Waals surface area (Å²) in [5.41, 5.74) is 1.74. The van der Waals surface area contributed by atoms with Crippen LogP contribution in [0.3, 0.4) is 0 Å². The second kappa shape index (κ2) is 5.22. The second-order valence-corrected chi connectivity index (χ2v) is 5.09. The highest BCUT2D eigenvalue weighted by Crippen LogP contribution is 2.29. The third-order valence-corrected chi connectivity index (χ3v) is 3.77. The third kappa shape index (κ3) is 2.39. The molecule has 1 amide bonds. The van der Waals surface area contributed by atoms with Crippen LogP contribution in [0.5, 0.6) is 0 Å². The van der Waals surface area contributed by atoms with Crippen molar-refractivity contribution in [1.82, 2.24) is 5.32 Å². The van der Waals surface area contributed by atoms with E-state index in [2.05, 4.69) is 5.32 Å². The molecule has 2 N–H and O–H groups in total. The number of carbonyl (C=O) groups is 2. The molecule has 106 valence electrons. The van der Waals surface area contributed by atoms with Gasteiger partial charge in [-0.15, -0.1) is 0 Å². The quantitative estimate of drug-likeness (QED) is 0.864. The van der Waals surface area contributed by atoms with Gasteiger partial charge >= 0.3 is 5.97 Å². The van der Waals surface area contributed by atoms with Crippen LogP contribution < -0.4 is 10.4 Å². The summed E-state index contributed by atoms with van der Waals surface area (Å²) in [6, 6.07) is 7.53. The Hall–Kier alpha value is -1.92. The fraction of sp³-hybridized carbons (Fsp3) is 0.429. The van der Waals surface area contributed by atoms with Crippen molar-refractivity contribution >= 4 is 17.6 Å². The molecule has 2 unspecified atom stereocenters. The number of amides is 1. The number of carboxylic acid groups (broad SMARTS) is 1. The highest BCUT2D eigenvalue weighted by molar-refractivity contribution is 5.92. The van der Waals surface area contributed by atoms with Gasteiger partial charge in [0.05, 0.1) is 24.6 Å². The second-order valence-electron chi connectivity index (χ2n) is 5.09. The Morgan fingerprint density at radius 3 is 2.65 bits per heavy atom. The average Bonchev–Trinajstić information content (AvgIpc) is 3.07. The van der Waals surface area contributed by atoms with Crippen LogP contribution in [0.1, 0.15) is 24.4 Å². The van der Waals surface area contributed by atoms with Crippen molar-refractivity contribution in [2.45, 2.75) is 18.9 Å². The molecular formula is C14H16N2O4. The number of hydrogen-bond donors (Lipinski definition) is 2. The maximum atomic E-state index is 11.6. The van der Waals surface area contributed by atoms with Crippen molar-refractivity contribution < 1.29 is 19.5 Å². The fourth-order valence-electron chi connectivity index (χ4n) is 2.64. The van der Waals surface area contributed by atoms with E-state index in [0.717, 1.165) is 5.56 Å². The van der Waals surface area contributed by atoms with E-state index in [9.17, 15) is 9.59 Å². The van der Waals surface area contributed by atoms with Gasteiger partial charge < -0.3 is 10.4 Å². The molecule has 2 aliphatic heterocycles. The number of anilines is 1. The van der Waals surface area contributed by atoms with Crippen molar-refractivity contribution in [2.75, 3.05) is 18.2 Å². The molecule has 0 bridgehead atoms. The highest BCUT2D eigenvalue weighted by atomic mass is 16.7. The number of nitrogens with zero attached hydrogens (tertiary/aromatic N) is 1. The first kappa shape index (κ1) is 13.1. The van der Waals surface area contributed by atoms with Crippen LogP contribution >= 0.6 is 0 Å². The van der Waals surface area contributed by atoms with Gasteiger partial charge in [0.2, 0.25) is 0 Å². The number of nitrogens with one attached hydrogen (secondary N) is 1. The molecule has 0 saturated carbocycles. The molecule has 0 aromatic heterocycles. The molecule has 2 saturated heterocycles. The van der Waals surface area contributed by atoms with Gasteiger partial charge in [0.1, 0.15) is 0 Å². The van der Waals surface area contributed by atoms with Crippen LogP contribution in [0, 0.1) is 5.92 Å². The van der Waals surface area contributed by atoms with Gasteiger partial charge in [-0.05, 0) is 24.1 Å². The number of benzene rings is 1. The zero-order valence-electron chi connectivity index (χ0n) is 10.9. The summed E-state index contributed by atoms with van der Waals surface area (Å²) in [6.07, 6.45) is 1.00. The molecule has 1 aromatic rings. The van der Waals surface area contributed by atoms with Crippen LogP contribution in [0.15, 0.2) is 24.3 Å². The van der Waals surface area contributed by atoms with Crippen molar-refractivity contribution in [1.29, 1.82) is 0 Å². The van der Waals surface area contributed by atoms with E-state index in [1.165, 1.54) is 5.06 Å². The molecule has 0 aliphatic carbocycles. The molecule has 1 aromatic carbocycles. The van der Waals surface area contributed by atoms with E-state index in [4.69, 9.17) is 9.94 Å². The number of hydroxylamine groups is 1. The summed E-state index contributed by atoms with van der Waals surface area (Å²) in [5, 5.41) is 13.5. The third-order valence-electron chi connectivity index (χ3n) is 3.77. The molecule has 3 rings (SSSR count). The van der Waals surface area contributed by atoms with Gasteiger partial charge in [0.25, 0.3) is 5.91 Å². The predicted molar refractivity (Wildman–Crippen MR) is 71.0 cm³/mol. The van der Waals surface area contributed by atoms with Gasteiger partial charge in [-0.1, -0.05) is 12.1 Å². The van der Waals surface area contributed by atoms with E-state index >= 15 is 0 Å². The van der Waals surface area contributed by atoms with Gasteiger partial charge in [-0.25, -0.2) is 0 Å². The first-order valence-corrected chi connectivity index (χ1v) is 6.67. The molecule has 2 atom stereocenters. The summed E-state index contributed by atoms with van der Waals surface area (Å²) in [7, 11) is 0. The monoisotopic (exact) mass is 276 g/mol. The minimum Gasteiger partial charge on any atom is -0.481 e. The summed E-state index contributed by atoms with van der Waals surface area (Å²) in [4.78, 5) is 27.8. The van der Waals surface area contributed by atoms with E-state index in [1.54, 1.807) is 0 Å². The lowest BCUT2D eigenvalue weighted by molar-refractivity contribution is -0.141. The predicted octanol–water partition coefficient (Wildman–Crippen LogP) is 1.09. The molecule has 6 nitrogen and oxygen atoms in total. The number of rotatable bonds is 3. The maximum absolute atomic E-state index is 11.6. The van der Waals surface area contributed by atoms with E-state index in [1.807, 2.05) is 24.3 Å². The number of aliphatic carboxylic acids is 1. The SMILES string of the molecule is O=C(O)C1CNC(c2ccc(N3OCCC3=O)cc2)C1. The molecular weight excluding hydrogens is 260 g/mol. The smallest absolute Gasteiger partial charge is 0.307 e.